The zero-order chi connectivity index (χ0) is 30.2. The van der Waals surface area contributed by atoms with Gasteiger partial charge in [0.2, 0.25) is 0 Å². The number of amides is 1. The lowest BCUT2D eigenvalue weighted by molar-refractivity contribution is -0.140. The fourth-order valence-corrected chi connectivity index (χ4v) is 4.99. The minimum Gasteiger partial charge on any atom is -0.507 e. The number of aliphatic hydroxyl groups is 1. The summed E-state index contributed by atoms with van der Waals surface area (Å²) in [6, 6.07) is 19.5. The van der Waals surface area contributed by atoms with Crippen LogP contribution in [0.4, 0.5) is 0 Å². The molecular weight excluding hydrogens is 534 g/mol. The fourth-order valence-electron chi connectivity index (χ4n) is 4.99. The van der Waals surface area contributed by atoms with E-state index in [4.69, 9.17) is 18.9 Å². The third-order valence-corrected chi connectivity index (χ3v) is 7.02. The van der Waals surface area contributed by atoms with Gasteiger partial charge in [-0.15, -0.1) is 0 Å². The number of hydrogen-bond donors (Lipinski definition) is 1. The van der Waals surface area contributed by atoms with Gasteiger partial charge in [0.25, 0.3) is 11.7 Å². The van der Waals surface area contributed by atoms with E-state index in [1.165, 1.54) is 4.90 Å². The molecule has 0 bridgehead atoms. The van der Waals surface area contributed by atoms with Crippen molar-refractivity contribution in [2.24, 2.45) is 0 Å². The molecule has 8 heteroatoms. The van der Waals surface area contributed by atoms with Crippen molar-refractivity contribution in [3.05, 3.63) is 94.6 Å². The number of hydrogen-bond acceptors (Lipinski definition) is 7. The van der Waals surface area contributed by atoms with Crippen LogP contribution in [0.2, 0.25) is 0 Å². The number of methoxy groups -OCH3 is 1. The first-order chi connectivity index (χ1) is 20.2. The van der Waals surface area contributed by atoms with Crippen LogP contribution in [0.3, 0.4) is 0 Å². The third-order valence-electron chi connectivity index (χ3n) is 7.02. The molecule has 1 aliphatic heterocycles. The summed E-state index contributed by atoms with van der Waals surface area (Å²) in [6.07, 6.45) is 0.581. The van der Waals surface area contributed by atoms with E-state index in [2.05, 4.69) is 0 Å². The van der Waals surface area contributed by atoms with Crippen molar-refractivity contribution in [1.82, 2.24) is 4.90 Å². The van der Waals surface area contributed by atoms with E-state index in [0.29, 0.717) is 54.6 Å². The zero-order valence-corrected chi connectivity index (χ0v) is 24.9. The van der Waals surface area contributed by atoms with Gasteiger partial charge in [0.1, 0.15) is 18.1 Å². The number of ether oxygens (including phenoxy) is 4. The molecule has 1 heterocycles. The number of aryl methyl sites for hydroxylation is 1. The van der Waals surface area contributed by atoms with E-state index in [0.717, 1.165) is 11.1 Å². The Morgan fingerprint density at radius 1 is 0.952 bits per heavy atom. The van der Waals surface area contributed by atoms with Gasteiger partial charge < -0.3 is 29.0 Å². The van der Waals surface area contributed by atoms with E-state index in [1.807, 2.05) is 58.0 Å². The predicted octanol–water partition coefficient (Wildman–Crippen LogP) is 6.22. The largest absolute Gasteiger partial charge is 0.507 e. The smallest absolute Gasteiger partial charge is 0.295 e. The van der Waals surface area contributed by atoms with Gasteiger partial charge in [0.05, 0.1) is 31.4 Å². The molecule has 8 nitrogen and oxygen atoms in total. The van der Waals surface area contributed by atoms with Crippen LogP contribution < -0.4 is 14.2 Å². The third kappa shape index (κ3) is 6.94. The number of carbonyl (C=O) groups is 2. The molecule has 1 aliphatic rings. The average molecular weight is 574 g/mol. The van der Waals surface area contributed by atoms with Crippen LogP contribution in [-0.4, -0.2) is 54.7 Å². The minimum absolute atomic E-state index is 0.0229. The molecule has 1 atom stereocenters. The maximum absolute atomic E-state index is 13.5. The molecule has 0 radical (unpaired) electrons. The predicted molar refractivity (Wildman–Crippen MR) is 161 cm³/mol. The lowest BCUT2D eigenvalue weighted by Gasteiger charge is -2.26. The first-order valence-electron chi connectivity index (χ1n) is 14.2. The average Bonchev–Trinajstić information content (AvgIpc) is 3.24. The second-order valence-electron chi connectivity index (χ2n) is 10.4. The summed E-state index contributed by atoms with van der Waals surface area (Å²) in [6.45, 7) is 9.15. The highest BCUT2D eigenvalue weighted by Gasteiger charge is 2.46. The van der Waals surface area contributed by atoms with E-state index < -0.39 is 17.7 Å². The van der Waals surface area contributed by atoms with Crippen LogP contribution >= 0.6 is 0 Å². The van der Waals surface area contributed by atoms with Crippen molar-refractivity contribution in [3.63, 3.8) is 0 Å². The number of benzene rings is 3. The molecule has 0 spiro atoms. The highest BCUT2D eigenvalue weighted by atomic mass is 16.5. The molecule has 1 fully saturated rings. The van der Waals surface area contributed by atoms with Crippen molar-refractivity contribution >= 4 is 17.4 Å². The Hall–Kier alpha value is -4.30. The number of rotatable bonds is 13. The Morgan fingerprint density at radius 3 is 2.36 bits per heavy atom. The summed E-state index contributed by atoms with van der Waals surface area (Å²) in [5, 5.41) is 11.6. The highest BCUT2D eigenvalue weighted by Crippen LogP contribution is 2.42. The number of ketones is 1. The van der Waals surface area contributed by atoms with Gasteiger partial charge in [-0.05, 0) is 81.1 Å². The van der Waals surface area contributed by atoms with Crippen LogP contribution in [0.15, 0.2) is 72.3 Å². The second kappa shape index (κ2) is 14.0. The topological polar surface area (TPSA) is 94.5 Å². The van der Waals surface area contributed by atoms with Gasteiger partial charge in [-0.25, -0.2) is 0 Å². The Labute approximate surface area is 247 Å². The fraction of sp³-hybridized carbons (Fsp3) is 0.353. The molecule has 3 aromatic rings. The van der Waals surface area contributed by atoms with Crippen LogP contribution in [0.5, 0.6) is 17.2 Å². The van der Waals surface area contributed by atoms with Crippen molar-refractivity contribution in [3.8, 4) is 17.2 Å². The van der Waals surface area contributed by atoms with Crippen LogP contribution in [0.1, 0.15) is 55.5 Å². The number of carbonyl (C=O) groups excluding carboxylic acids is 2. The lowest BCUT2D eigenvalue weighted by Crippen LogP contribution is -2.31. The quantitative estimate of drug-likeness (QED) is 0.112. The molecular formula is C34H39NO7. The standard InChI is InChI=1S/C34H39NO7/c1-6-40-29-20-25(13-16-28(29)39-5)31-30(33(37)34(38)35(31)17-10-18-41-22(2)3)32(36)26-14-15-27(23(4)19-26)42-21-24-11-8-7-9-12-24/h7-9,11-16,19-20,22,31,36H,6,10,17-18,21H2,1-5H3/b32-30-. The van der Waals surface area contributed by atoms with E-state index in [9.17, 15) is 14.7 Å². The first kappa shape index (κ1) is 30.7. The summed E-state index contributed by atoms with van der Waals surface area (Å²) < 4.78 is 22.9. The Kier molecular flexibility index (Phi) is 10.3. The Bertz CT molecular complexity index is 1430. The van der Waals surface area contributed by atoms with Crippen molar-refractivity contribution in [2.75, 3.05) is 26.9 Å². The number of nitrogens with zero attached hydrogens (tertiary/aromatic N) is 1. The second-order valence-corrected chi connectivity index (χ2v) is 10.4. The first-order valence-corrected chi connectivity index (χ1v) is 14.2. The summed E-state index contributed by atoms with van der Waals surface area (Å²) >= 11 is 0. The van der Waals surface area contributed by atoms with Gasteiger partial charge in [-0.2, -0.15) is 0 Å². The number of aliphatic hydroxyl groups excluding tert-OH is 1. The monoisotopic (exact) mass is 573 g/mol. The highest BCUT2D eigenvalue weighted by molar-refractivity contribution is 6.46. The van der Waals surface area contributed by atoms with Crippen molar-refractivity contribution in [1.29, 1.82) is 0 Å². The van der Waals surface area contributed by atoms with Crippen LogP contribution in [0.25, 0.3) is 5.76 Å². The van der Waals surface area contributed by atoms with Crippen LogP contribution in [-0.2, 0) is 20.9 Å². The summed E-state index contributed by atoms with van der Waals surface area (Å²) in [5.41, 5.74) is 2.90. The molecule has 0 saturated carbocycles. The molecule has 42 heavy (non-hydrogen) atoms. The normalized spacial score (nSPS) is 16.2. The van der Waals surface area contributed by atoms with E-state index in [1.54, 1.807) is 43.5 Å². The maximum Gasteiger partial charge on any atom is 0.295 e. The molecule has 0 aromatic heterocycles. The van der Waals surface area contributed by atoms with Crippen LogP contribution in [0, 0.1) is 6.92 Å². The van der Waals surface area contributed by atoms with E-state index in [-0.39, 0.29) is 24.0 Å². The molecule has 1 amide bonds. The molecule has 3 aromatic carbocycles. The molecule has 1 unspecified atom stereocenters. The van der Waals surface area contributed by atoms with Crippen molar-refractivity contribution < 1.29 is 33.6 Å². The van der Waals surface area contributed by atoms with Gasteiger partial charge in [-0.1, -0.05) is 36.4 Å². The molecule has 0 aliphatic carbocycles. The number of likely N-dealkylation sites (tertiary alicyclic amines) is 1. The minimum atomic E-state index is -0.816. The molecule has 4 rings (SSSR count). The SMILES string of the molecule is CCOc1cc(C2/C(=C(/O)c3ccc(OCc4ccccc4)c(C)c3)C(=O)C(=O)N2CCCOC(C)C)ccc1OC. The molecule has 1 N–H and O–H groups in total. The molecule has 1 saturated heterocycles. The zero-order valence-electron chi connectivity index (χ0n) is 24.9. The van der Waals surface area contributed by atoms with Gasteiger partial charge in [-0.3, -0.25) is 9.59 Å². The summed E-state index contributed by atoms with van der Waals surface area (Å²) in [7, 11) is 1.55. The molecule has 222 valence electrons. The summed E-state index contributed by atoms with van der Waals surface area (Å²) in [5.74, 6) is 0.0314. The van der Waals surface area contributed by atoms with E-state index >= 15 is 0 Å². The van der Waals surface area contributed by atoms with Gasteiger partial charge >= 0.3 is 0 Å². The lowest BCUT2D eigenvalue weighted by atomic mass is 9.94. The van der Waals surface area contributed by atoms with Crippen molar-refractivity contribution in [2.45, 2.75) is 52.9 Å². The Morgan fingerprint density at radius 2 is 1.69 bits per heavy atom. The maximum atomic E-state index is 13.5. The Balaban J connectivity index is 1.71. The summed E-state index contributed by atoms with van der Waals surface area (Å²) in [4.78, 5) is 28.3. The van der Waals surface area contributed by atoms with Gasteiger partial charge in [0.15, 0.2) is 11.5 Å². The number of Topliss-reactive ketones (excluding diaryl/α,β-unsaturated/α-hetero) is 1. The van der Waals surface area contributed by atoms with Gasteiger partial charge in [0, 0.05) is 18.7 Å².